The number of aromatic nitrogens is 3. The van der Waals surface area contributed by atoms with Gasteiger partial charge in [0.15, 0.2) is 6.67 Å². The van der Waals surface area contributed by atoms with Crippen molar-refractivity contribution < 1.29 is 9.64 Å². The zero-order valence-corrected chi connectivity index (χ0v) is 15.4. The zero-order valence-electron chi connectivity index (χ0n) is 14.6. The lowest BCUT2D eigenvalue weighted by atomic mass is 10.2. The Morgan fingerprint density at radius 2 is 1.80 bits per heavy atom. The van der Waals surface area contributed by atoms with Gasteiger partial charge in [-0.3, -0.25) is 4.57 Å². The van der Waals surface area contributed by atoms with Crippen LogP contribution >= 0.6 is 12.2 Å². The highest BCUT2D eigenvalue weighted by Gasteiger charge is 2.23. The lowest BCUT2D eigenvalue weighted by molar-refractivity contribution is -0.911. The highest BCUT2D eigenvalue weighted by molar-refractivity contribution is 7.71. The van der Waals surface area contributed by atoms with Crippen LogP contribution in [0.5, 0.6) is 0 Å². The van der Waals surface area contributed by atoms with E-state index in [1.54, 1.807) is 4.90 Å². The van der Waals surface area contributed by atoms with E-state index in [1.807, 2.05) is 10.7 Å². The summed E-state index contributed by atoms with van der Waals surface area (Å²) in [4.78, 5) is 3.88. The molecule has 1 aromatic carbocycles. The third kappa shape index (κ3) is 3.78. The molecule has 4 rings (SSSR count). The highest BCUT2D eigenvalue weighted by Crippen LogP contribution is 2.17. The average Bonchev–Trinajstić information content (AvgIpc) is 3.27. The van der Waals surface area contributed by atoms with Crippen LogP contribution in [0.4, 0.5) is 5.95 Å². The minimum absolute atomic E-state index is 0.752. The van der Waals surface area contributed by atoms with E-state index in [1.165, 1.54) is 31.5 Å². The second kappa shape index (κ2) is 7.68. The van der Waals surface area contributed by atoms with Gasteiger partial charge >= 0.3 is 0 Å². The molecular weight excluding hydrogens is 334 g/mol. The van der Waals surface area contributed by atoms with E-state index in [0.717, 1.165) is 50.2 Å². The predicted octanol–water partition coefficient (Wildman–Crippen LogP) is 0.935. The molecule has 0 amide bonds. The molecule has 6 nitrogen and oxygen atoms in total. The van der Waals surface area contributed by atoms with Crippen molar-refractivity contribution >= 4 is 18.2 Å². The number of ether oxygens (including phenoxy) is 1. The van der Waals surface area contributed by atoms with E-state index < -0.39 is 0 Å². The summed E-state index contributed by atoms with van der Waals surface area (Å²) >= 11 is 5.81. The monoisotopic (exact) mass is 360 g/mol. The van der Waals surface area contributed by atoms with E-state index in [-0.39, 0.29) is 0 Å². The maximum Gasteiger partial charge on any atom is 0.226 e. The minimum Gasteiger partial charge on any atom is -0.378 e. The van der Waals surface area contributed by atoms with Gasteiger partial charge in [0.25, 0.3) is 0 Å². The molecular formula is C18H26N5OS+. The number of quaternary nitrogens is 1. The zero-order chi connectivity index (χ0) is 17.1. The third-order valence-corrected chi connectivity index (χ3v) is 5.50. The SMILES string of the molecule is S=c1n(C[NH+]2CCCC2)nc(N2CCOCC2)n1Cc1ccccc1. The molecule has 2 fully saturated rings. The standard InChI is InChI=1S/C18H25N5OS/c25-18-22(14-16-6-2-1-3-7-16)17(21-10-12-24-13-11-21)19-23(18)15-20-8-4-5-9-20/h1-3,6-7H,4-5,8-15H2/p+1. The third-order valence-electron chi connectivity index (χ3n) is 5.06. The van der Waals surface area contributed by atoms with Gasteiger partial charge in [0, 0.05) is 25.9 Å². The first kappa shape index (κ1) is 16.8. The topological polar surface area (TPSA) is 39.7 Å². The molecule has 134 valence electrons. The predicted molar refractivity (Wildman–Crippen MR) is 99.6 cm³/mol. The van der Waals surface area contributed by atoms with Crippen molar-refractivity contribution in [2.45, 2.75) is 26.1 Å². The average molecular weight is 361 g/mol. The molecule has 0 atom stereocenters. The Hall–Kier alpha value is -1.70. The van der Waals surface area contributed by atoms with Gasteiger partial charge in [0.05, 0.1) is 32.8 Å². The Bertz CT molecular complexity index is 745. The van der Waals surface area contributed by atoms with Gasteiger partial charge in [0.1, 0.15) is 0 Å². The van der Waals surface area contributed by atoms with Crippen molar-refractivity contribution in [1.29, 1.82) is 0 Å². The first-order chi connectivity index (χ1) is 12.3. The quantitative estimate of drug-likeness (QED) is 0.806. The van der Waals surface area contributed by atoms with E-state index in [4.69, 9.17) is 22.1 Å². The molecule has 2 aromatic rings. The number of rotatable bonds is 5. The molecule has 2 aliphatic heterocycles. The second-order valence-electron chi connectivity index (χ2n) is 6.87. The molecule has 2 aliphatic rings. The van der Waals surface area contributed by atoms with Gasteiger partial charge in [0.2, 0.25) is 10.7 Å². The Labute approximate surface area is 153 Å². The Balaban J connectivity index is 1.65. The van der Waals surface area contributed by atoms with Crippen LogP contribution in [0.2, 0.25) is 0 Å². The van der Waals surface area contributed by atoms with Gasteiger partial charge in [-0.2, -0.15) is 4.68 Å². The summed E-state index contributed by atoms with van der Waals surface area (Å²) in [7, 11) is 0. The first-order valence-corrected chi connectivity index (χ1v) is 9.60. The van der Waals surface area contributed by atoms with Crippen molar-refractivity contribution in [3.05, 3.63) is 40.7 Å². The number of hydrogen-bond acceptors (Lipinski definition) is 4. The maximum absolute atomic E-state index is 5.81. The summed E-state index contributed by atoms with van der Waals surface area (Å²) in [6.07, 6.45) is 2.62. The molecule has 0 aliphatic carbocycles. The van der Waals surface area contributed by atoms with Crippen LogP contribution < -0.4 is 9.80 Å². The van der Waals surface area contributed by atoms with Crippen LogP contribution in [0.3, 0.4) is 0 Å². The van der Waals surface area contributed by atoms with Gasteiger partial charge in [-0.1, -0.05) is 30.3 Å². The van der Waals surface area contributed by atoms with Gasteiger partial charge in [-0.15, -0.1) is 5.10 Å². The van der Waals surface area contributed by atoms with Gasteiger partial charge in [-0.05, 0) is 17.8 Å². The highest BCUT2D eigenvalue weighted by atomic mass is 32.1. The molecule has 3 heterocycles. The smallest absolute Gasteiger partial charge is 0.226 e. The van der Waals surface area contributed by atoms with Crippen LogP contribution in [0.25, 0.3) is 0 Å². The van der Waals surface area contributed by atoms with Crippen molar-refractivity contribution in [3.8, 4) is 0 Å². The normalized spacial score (nSPS) is 18.8. The molecule has 0 bridgehead atoms. The number of anilines is 1. The van der Waals surface area contributed by atoms with Crippen LogP contribution in [0.15, 0.2) is 30.3 Å². The molecule has 25 heavy (non-hydrogen) atoms. The summed E-state index contributed by atoms with van der Waals surface area (Å²) in [5.41, 5.74) is 1.25. The number of likely N-dealkylation sites (tertiary alicyclic amines) is 1. The van der Waals surface area contributed by atoms with Crippen LogP contribution in [0, 0.1) is 4.77 Å². The fraction of sp³-hybridized carbons (Fsp3) is 0.556. The Kier molecular flexibility index (Phi) is 5.14. The van der Waals surface area contributed by atoms with Crippen LogP contribution in [-0.2, 0) is 18.0 Å². The van der Waals surface area contributed by atoms with Crippen molar-refractivity contribution in [3.63, 3.8) is 0 Å². The van der Waals surface area contributed by atoms with Gasteiger partial charge < -0.3 is 14.5 Å². The molecule has 0 unspecified atom stereocenters. The molecule has 7 heteroatoms. The number of nitrogens with one attached hydrogen (secondary N) is 1. The summed E-state index contributed by atoms with van der Waals surface area (Å²) in [6.45, 7) is 7.33. The van der Waals surface area contributed by atoms with E-state index in [2.05, 4.69) is 33.7 Å². The molecule has 1 N–H and O–H groups in total. The van der Waals surface area contributed by atoms with E-state index in [9.17, 15) is 0 Å². The molecule has 0 radical (unpaired) electrons. The molecule has 0 saturated carbocycles. The van der Waals surface area contributed by atoms with Crippen LogP contribution in [0.1, 0.15) is 18.4 Å². The number of hydrogen-bond donors (Lipinski definition) is 1. The van der Waals surface area contributed by atoms with Crippen molar-refractivity contribution in [2.24, 2.45) is 0 Å². The lowest BCUT2D eigenvalue weighted by Crippen LogP contribution is -3.09. The Morgan fingerprint density at radius 1 is 1.08 bits per heavy atom. The maximum atomic E-state index is 5.81. The Morgan fingerprint density at radius 3 is 2.52 bits per heavy atom. The van der Waals surface area contributed by atoms with E-state index in [0.29, 0.717) is 0 Å². The number of nitrogens with zero attached hydrogens (tertiary/aromatic N) is 4. The summed E-state index contributed by atoms with van der Waals surface area (Å²) < 4.78 is 10.5. The number of benzene rings is 1. The fourth-order valence-corrected chi connectivity index (χ4v) is 3.93. The summed E-state index contributed by atoms with van der Waals surface area (Å²) in [5, 5.41) is 4.92. The lowest BCUT2D eigenvalue weighted by Gasteiger charge is -2.27. The first-order valence-electron chi connectivity index (χ1n) is 9.19. The molecule has 2 saturated heterocycles. The fourth-order valence-electron chi connectivity index (χ4n) is 3.68. The number of morpholine rings is 1. The summed E-state index contributed by atoms with van der Waals surface area (Å²) in [6, 6.07) is 10.5. The largest absolute Gasteiger partial charge is 0.378 e. The van der Waals surface area contributed by atoms with Crippen molar-refractivity contribution in [1.82, 2.24) is 14.3 Å². The van der Waals surface area contributed by atoms with Gasteiger partial charge in [-0.25, -0.2) is 0 Å². The molecule has 0 spiro atoms. The second-order valence-corrected chi connectivity index (χ2v) is 7.23. The minimum atomic E-state index is 0.752. The van der Waals surface area contributed by atoms with Crippen LogP contribution in [-0.4, -0.2) is 53.7 Å². The molecule has 1 aromatic heterocycles. The summed E-state index contributed by atoms with van der Waals surface area (Å²) in [5.74, 6) is 0.982. The van der Waals surface area contributed by atoms with E-state index >= 15 is 0 Å². The van der Waals surface area contributed by atoms with Crippen molar-refractivity contribution in [2.75, 3.05) is 44.3 Å².